The first kappa shape index (κ1) is 19.8. The van der Waals surface area contributed by atoms with Crippen molar-refractivity contribution < 1.29 is 4.74 Å². The maximum Gasteiger partial charge on any atom is 0.137 e. The van der Waals surface area contributed by atoms with Crippen LogP contribution in [0.4, 0.5) is 5.82 Å². The Kier molecular flexibility index (Phi) is 6.37. The van der Waals surface area contributed by atoms with Crippen molar-refractivity contribution in [1.29, 1.82) is 0 Å². The van der Waals surface area contributed by atoms with Gasteiger partial charge in [0.1, 0.15) is 5.82 Å². The Balaban J connectivity index is 1.63. The number of hydrogen-bond donors (Lipinski definition) is 0. The molecule has 1 aliphatic heterocycles. The Hall–Kier alpha value is -2.50. The highest BCUT2D eigenvalue weighted by Gasteiger charge is 2.20. The summed E-state index contributed by atoms with van der Waals surface area (Å²) in [7, 11) is 1.74. The Morgan fingerprint density at radius 1 is 1.00 bits per heavy atom. The number of fused-ring (bicyclic) bond motifs is 1. The number of benzene rings is 1. The molecule has 0 N–H and O–H groups in total. The van der Waals surface area contributed by atoms with Gasteiger partial charge < -0.3 is 14.5 Å². The van der Waals surface area contributed by atoms with Crippen LogP contribution in [0.25, 0.3) is 22.2 Å². The molecular weight excluding hydrogens is 360 g/mol. The predicted molar refractivity (Wildman–Crippen MR) is 119 cm³/mol. The van der Waals surface area contributed by atoms with Gasteiger partial charge >= 0.3 is 0 Å². The molecule has 5 heteroatoms. The summed E-state index contributed by atoms with van der Waals surface area (Å²) in [5.74, 6) is 1.08. The largest absolute Gasteiger partial charge is 0.385 e. The Bertz CT molecular complexity index is 933. The zero-order chi connectivity index (χ0) is 20.1. The van der Waals surface area contributed by atoms with Crippen LogP contribution in [0.15, 0.2) is 48.7 Å². The molecule has 0 aliphatic carbocycles. The molecule has 0 bridgehead atoms. The van der Waals surface area contributed by atoms with E-state index < -0.39 is 0 Å². The Morgan fingerprint density at radius 2 is 1.83 bits per heavy atom. The van der Waals surface area contributed by atoms with Crippen molar-refractivity contribution >= 4 is 16.6 Å². The van der Waals surface area contributed by atoms with Crippen LogP contribution in [0.5, 0.6) is 0 Å². The minimum absolute atomic E-state index is 0.780. The average molecular weight is 391 g/mol. The fourth-order valence-corrected chi connectivity index (χ4v) is 3.97. The molecule has 5 nitrogen and oxygen atoms in total. The van der Waals surface area contributed by atoms with Crippen LogP contribution < -0.4 is 4.90 Å². The molecule has 0 unspecified atom stereocenters. The number of likely N-dealkylation sites (N-methyl/N-ethyl adjacent to an activating group) is 1. The van der Waals surface area contributed by atoms with Crippen LogP contribution in [-0.2, 0) is 11.2 Å². The summed E-state index contributed by atoms with van der Waals surface area (Å²) in [6.07, 6.45) is 3.97. The fraction of sp³-hybridized carbons (Fsp3) is 0.417. The van der Waals surface area contributed by atoms with E-state index >= 15 is 0 Å². The number of pyridine rings is 2. The molecule has 3 aromatic rings. The summed E-state index contributed by atoms with van der Waals surface area (Å²) in [6.45, 7) is 8.33. The van der Waals surface area contributed by atoms with E-state index in [1.807, 2.05) is 6.20 Å². The number of aromatic nitrogens is 2. The first-order valence-electron chi connectivity index (χ1n) is 10.6. The van der Waals surface area contributed by atoms with Crippen molar-refractivity contribution in [3.8, 4) is 11.4 Å². The van der Waals surface area contributed by atoms with E-state index in [9.17, 15) is 0 Å². The lowest BCUT2D eigenvalue weighted by molar-refractivity contribution is 0.195. The molecule has 4 rings (SSSR count). The molecule has 2 aromatic heterocycles. The summed E-state index contributed by atoms with van der Waals surface area (Å²) >= 11 is 0. The molecule has 1 saturated heterocycles. The van der Waals surface area contributed by atoms with E-state index in [-0.39, 0.29) is 0 Å². The number of hydrogen-bond acceptors (Lipinski definition) is 5. The highest BCUT2D eigenvalue weighted by molar-refractivity contribution is 5.94. The maximum absolute atomic E-state index is 5.14. The maximum atomic E-state index is 5.14. The zero-order valence-corrected chi connectivity index (χ0v) is 17.5. The van der Waals surface area contributed by atoms with E-state index in [4.69, 9.17) is 14.7 Å². The molecular formula is C24H30N4O. The van der Waals surface area contributed by atoms with Gasteiger partial charge in [0, 0.05) is 51.5 Å². The van der Waals surface area contributed by atoms with Crippen molar-refractivity contribution in [3.63, 3.8) is 0 Å². The van der Waals surface area contributed by atoms with Crippen LogP contribution in [0.1, 0.15) is 18.9 Å². The van der Waals surface area contributed by atoms with Gasteiger partial charge in [0.2, 0.25) is 0 Å². The van der Waals surface area contributed by atoms with E-state index in [1.54, 1.807) is 7.11 Å². The van der Waals surface area contributed by atoms with Crippen LogP contribution in [0, 0.1) is 0 Å². The molecule has 1 aliphatic rings. The molecule has 0 spiro atoms. The van der Waals surface area contributed by atoms with Gasteiger partial charge in [-0.25, -0.2) is 4.98 Å². The van der Waals surface area contributed by atoms with Gasteiger partial charge in [0.25, 0.3) is 0 Å². The minimum Gasteiger partial charge on any atom is -0.385 e. The smallest absolute Gasteiger partial charge is 0.137 e. The van der Waals surface area contributed by atoms with Crippen LogP contribution >= 0.6 is 0 Å². The van der Waals surface area contributed by atoms with Crippen LogP contribution in [0.2, 0.25) is 0 Å². The Labute approximate surface area is 173 Å². The van der Waals surface area contributed by atoms with Gasteiger partial charge in [-0.2, -0.15) is 0 Å². The molecule has 1 fully saturated rings. The van der Waals surface area contributed by atoms with Gasteiger partial charge in [0.15, 0.2) is 0 Å². The van der Waals surface area contributed by atoms with Crippen molar-refractivity contribution in [2.24, 2.45) is 0 Å². The normalized spacial score (nSPS) is 15.2. The molecule has 152 valence electrons. The van der Waals surface area contributed by atoms with E-state index in [0.717, 1.165) is 69.4 Å². The van der Waals surface area contributed by atoms with Gasteiger partial charge in [0.05, 0.1) is 11.4 Å². The van der Waals surface area contributed by atoms with Gasteiger partial charge in [-0.1, -0.05) is 37.3 Å². The zero-order valence-electron chi connectivity index (χ0n) is 17.5. The van der Waals surface area contributed by atoms with E-state index in [1.165, 1.54) is 16.3 Å². The number of anilines is 1. The third-order valence-electron chi connectivity index (χ3n) is 5.74. The molecule has 3 heterocycles. The summed E-state index contributed by atoms with van der Waals surface area (Å²) in [5.41, 5.74) is 3.11. The molecule has 0 saturated carbocycles. The molecule has 29 heavy (non-hydrogen) atoms. The first-order chi connectivity index (χ1) is 14.3. The summed E-state index contributed by atoms with van der Waals surface area (Å²) < 4.78 is 5.14. The molecule has 1 aromatic carbocycles. The third kappa shape index (κ3) is 4.57. The number of ether oxygens (including phenoxy) is 1. The SMILES string of the molecule is CCN1CCN(c2nc(-c3ccc(CCCOC)cn3)cc3ccccc23)CC1. The van der Waals surface area contributed by atoms with Crippen molar-refractivity contribution in [1.82, 2.24) is 14.9 Å². The van der Waals surface area contributed by atoms with Crippen molar-refractivity contribution in [2.45, 2.75) is 19.8 Å². The highest BCUT2D eigenvalue weighted by atomic mass is 16.5. The molecule has 0 amide bonds. The standard InChI is InChI=1S/C24H30N4O/c1-3-27-12-14-28(15-13-27)24-21-9-5-4-8-20(21)17-23(26-24)22-11-10-19(18-25-22)7-6-16-29-2/h4-5,8-11,17-18H,3,6-7,12-16H2,1-2H3. The van der Waals surface area contributed by atoms with Crippen LogP contribution in [-0.4, -0.2) is 61.3 Å². The van der Waals surface area contributed by atoms with Gasteiger partial charge in [-0.05, 0) is 42.5 Å². The first-order valence-corrected chi connectivity index (χ1v) is 10.6. The van der Waals surface area contributed by atoms with E-state index in [0.29, 0.717) is 0 Å². The predicted octanol–water partition coefficient (Wildman–Crippen LogP) is 4.02. The average Bonchev–Trinajstić information content (AvgIpc) is 2.79. The lowest BCUT2D eigenvalue weighted by Gasteiger charge is -2.35. The number of piperazine rings is 1. The second kappa shape index (κ2) is 9.33. The number of nitrogens with zero attached hydrogens (tertiary/aromatic N) is 4. The lowest BCUT2D eigenvalue weighted by Crippen LogP contribution is -2.46. The van der Waals surface area contributed by atoms with Crippen molar-refractivity contribution in [2.75, 3.05) is 51.3 Å². The van der Waals surface area contributed by atoms with E-state index in [2.05, 4.69) is 59.2 Å². The summed E-state index contributed by atoms with van der Waals surface area (Å²) in [6, 6.07) is 15.0. The monoisotopic (exact) mass is 390 g/mol. The topological polar surface area (TPSA) is 41.5 Å². The number of rotatable bonds is 7. The quantitative estimate of drug-likeness (QED) is 0.570. The van der Waals surface area contributed by atoms with Crippen LogP contribution in [0.3, 0.4) is 0 Å². The summed E-state index contributed by atoms with van der Waals surface area (Å²) in [5, 5.41) is 2.44. The molecule has 0 radical (unpaired) electrons. The lowest BCUT2D eigenvalue weighted by atomic mass is 10.1. The second-order valence-electron chi connectivity index (χ2n) is 7.62. The highest BCUT2D eigenvalue weighted by Crippen LogP contribution is 2.30. The number of methoxy groups -OCH3 is 1. The number of aryl methyl sites for hydroxylation is 1. The van der Waals surface area contributed by atoms with Gasteiger partial charge in [-0.3, -0.25) is 4.98 Å². The third-order valence-corrected chi connectivity index (χ3v) is 5.74. The fourth-order valence-electron chi connectivity index (χ4n) is 3.97. The second-order valence-corrected chi connectivity index (χ2v) is 7.62. The Morgan fingerprint density at radius 3 is 2.55 bits per heavy atom. The molecule has 0 atom stereocenters. The van der Waals surface area contributed by atoms with Crippen molar-refractivity contribution in [3.05, 3.63) is 54.2 Å². The summed E-state index contributed by atoms with van der Waals surface area (Å²) in [4.78, 5) is 14.7. The van der Waals surface area contributed by atoms with Gasteiger partial charge in [-0.15, -0.1) is 0 Å². The minimum atomic E-state index is 0.780.